The molecular weight excluding hydrogens is 288 g/mol. The maximum atomic E-state index is 11.6. The maximum Gasteiger partial charge on any atom is 0.150 e. The highest BCUT2D eigenvalue weighted by Gasteiger charge is 2.37. The molecule has 0 atom stereocenters. The van der Waals surface area contributed by atoms with E-state index < -0.39 is 0 Å². The number of aldehydes is 1. The smallest absolute Gasteiger partial charge is 0.150 e. The largest absolute Gasteiger partial charge is 0.298 e. The first-order valence-corrected chi connectivity index (χ1v) is 8.87. The Labute approximate surface area is 137 Å². The molecule has 1 nitrogen and oxygen atoms in total. The summed E-state index contributed by atoms with van der Waals surface area (Å²) in [5.41, 5.74) is 5.17. The molecule has 1 heterocycles. The highest BCUT2D eigenvalue weighted by atomic mass is 32.1. The second-order valence-electron chi connectivity index (χ2n) is 7.74. The molecule has 1 aliphatic carbocycles. The van der Waals surface area contributed by atoms with Gasteiger partial charge in [0.1, 0.15) is 6.29 Å². The molecule has 0 unspecified atom stereocenters. The van der Waals surface area contributed by atoms with Gasteiger partial charge in [-0.1, -0.05) is 39.8 Å². The van der Waals surface area contributed by atoms with Crippen molar-refractivity contribution in [3.05, 3.63) is 56.8 Å². The standard InChI is InChI=1S/C20H24OS/c1-19(2)7-8-20(3,4)18-12-15(13-21)14(11-17(18)19)10-16-6-5-9-22-16/h5-6,9,11-13H,7-8,10H2,1-4H3. The summed E-state index contributed by atoms with van der Waals surface area (Å²) in [5, 5.41) is 2.10. The molecule has 0 N–H and O–H groups in total. The number of benzene rings is 1. The quantitative estimate of drug-likeness (QED) is 0.684. The van der Waals surface area contributed by atoms with Crippen molar-refractivity contribution in [2.24, 2.45) is 0 Å². The number of fused-ring (bicyclic) bond motifs is 1. The van der Waals surface area contributed by atoms with Crippen LogP contribution >= 0.6 is 11.3 Å². The van der Waals surface area contributed by atoms with Gasteiger partial charge in [-0.15, -0.1) is 11.3 Å². The van der Waals surface area contributed by atoms with Gasteiger partial charge < -0.3 is 0 Å². The fourth-order valence-corrected chi connectivity index (χ4v) is 4.27. The van der Waals surface area contributed by atoms with Crippen molar-refractivity contribution in [3.8, 4) is 0 Å². The fraction of sp³-hybridized carbons (Fsp3) is 0.450. The Hall–Kier alpha value is -1.41. The molecule has 22 heavy (non-hydrogen) atoms. The van der Waals surface area contributed by atoms with Gasteiger partial charge in [0, 0.05) is 16.9 Å². The Morgan fingerprint density at radius 2 is 1.73 bits per heavy atom. The van der Waals surface area contributed by atoms with Crippen LogP contribution in [0.25, 0.3) is 0 Å². The van der Waals surface area contributed by atoms with Crippen LogP contribution in [0.2, 0.25) is 0 Å². The van der Waals surface area contributed by atoms with Gasteiger partial charge in [-0.25, -0.2) is 0 Å². The Bertz CT molecular complexity index is 693. The van der Waals surface area contributed by atoms with Gasteiger partial charge in [0.15, 0.2) is 0 Å². The third kappa shape index (κ3) is 2.65. The van der Waals surface area contributed by atoms with Crippen molar-refractivity contribution in [1.29, 1.82) is 0 Å². The number of thiophene rings is 1. The topological polar surface area (TPSA) is 17.1 Å². The van der Waals surface area contributed by atoms with Gasteiger partial charge in [-0.05, 0) is 57.9 Å². The van der Waals surface area contributed by atoms with Gasteiger partial charge in [-0.3, -0.25) is 4.79 Å². The van der Waals surface area contributed by atoms with Crippen LogP contribution in [0, 0.1) is 0 Å². The summed E-state index contributed by atoms with van der Waals surface area (Å²) in [6, 6.07) is 8.69. The molecule has 0 aliphatic heterocycles. The van der Waals surface area contributed by atoms with E-state index in [-0.39, 0.29) is 10.8 Å². The van der Waals surface area contributed by atoms with E-state index in [1.807, 2.05) is 0 Å². The van der Waals surface area contributed by atoms with E-state index in [1.165, 1.54) is 34.4 Å². The molecule has 0 amide bonds. The molecule has 2 aromatic rings. The summed E-state index contributed by atoms with van der Waals surface area (Å²) in [6.45, 7) is 9.26. The summed E-state index contributed by atoms with van der Waals surface area (Å²) in [5.74, 6) is 0. The zero-order chi connectivity index (χ0) is 16.0. The van der Waals surface area contributed by atoms with Crippen molar-refractivity contribution in [2.75, 3.05) is 0 Å². The lowest BCUT2D eigenvalue weighted by Gasteiger charge is -2.42. The van der Waals surface area contributed by atoms with E-state index in [4.69, 9.17) is 0 Å². The molecule has 3 rings (SSSR count). The zero-order valence-corrected chi connectivity index (χ0v) is 14.7. The van der Waals surface area contributed by atoms with Gasteiger partial charge >= 0.3 is 0 Å². The summed E-state index contributed by atoms with van der Waals surface area (Å²) >= 11 is 1.76. The van der Waals surface area contributed by atoms with Crippen LogP contribution in [-0.4, -0.2) is 6.29 Å². The van der Waals surface area contributed by atoms with Crippen LogP contribution in [0.4, 0.5) is 0 Å². The number of carbonyl (C=O) groups is 1. The molecule has 1 aliphatic rings. The van der Waals surface area contributed by atoms with E-state index >= 15 is 0 Å². The van der Waals surface area contributed by atoms with E-state index in [9.17, 15) is 4.79 Å². The SMILES string of the molecule is CC1(C)CCC(C)(C)c2cc(Cc3cccs3)c(C=O)cc21. The second kappa shape index (κ2) is 5.34. The second-order valence-corrected chi connectivity index (χ2v) is 8.77. The Kier molecular flexibility index (Phi) is 3.76. The minimum absolute atomic E-state index is 0.157. The molecule has 2 heteroatoms. The zero-order valence-electron chi connectivity index (χ0n) is 13.9. The number of rotatable bonds is 3. The van der Waals surface area contributed by atoms with E-state index in [0.717, 1.165) is 18.3 Å². The van der Waals surface area contributed by atoms with Crippen molar-refractivity contribution >= 4 is 17.6 Å². The van der Waals surface area contributed by atoms with Crippen molar-refractivity contribution < 1.29 is 4.79 Å². The van der Waals surface area contributed by atoms with Gasteiger partial charge in [0.2, 0.25) is 0 Å². The number of hydrogen-bond acceptors (Lipinski definition) is 2. The molecule has 0 saturated heterocycles. The van der Waals surface area contributed by atoms with Crippen LogP contribution in [0.1, 0.15) is 72.5 Å². The third-order valence-electron chi connectivity index (χ3n) is 5.18. The molecule has 1 aromatic carbocycles. The average molecular weight is 312 g/mol. The molecule has 1 aromatic heterocycles. The average Bonchev–Trinajstić information content (AvgIpc) is 2.96. The van der Waals surface area contributed by atoms with Crippen LogP contribution in [-0.2, 0) is 17.3 Å². The molecule has 0 saturated carbocycles. The van der Waals surface area contributed by atoms with Gasteiger partial charge in [0.25, 0.3) is 0 Å². The monoisotopic (exact) mass is 312 g/mol. The fourth-order valence-electron chi connectivity index (χ4n) is 3.54. The highest BCUT2D eigenvalue weighted by Crippen LogP contribution is 2.46. The summed E-state index contributed by atoms with van der Waals surface area (Å²) in [6.07, 6.45) is 4.26. The number of carbonyl (C=O) groups excluding carboxylic acids is 1. The van der Waals surface area contributed by atoms with Crippen LogP contribution in [0.15, 0.2) is 29.6 Å². The molecule has 0 bridgehead atoms. The highest BCUT2D eigenvalue weighted by molar-refractivity contribution is 7.09. The van der Waals surface area contributed by atoms with Crippen molar-refractivity contribution in [3.63, 3.8) is 0 Å². The van der Waals surface area contributed by atoms with E-state index in [2.05, 4.69) is 57.3 Å². The van der Waals surface area contributed by atoms with Crippen molar-refractivity contribution in [2.45, 2.75) is 57.8 Å². The molecule has 116 valence electrons. The van der Waals surface area contributed by atoms with E-state index in [0.29, 0.717) is 0 Å². The molecular formula is C20H24OS. The van der Waals surface area contributed by atoms with Gasteiger partial charge in [-0.2, -0.15) is 0 Å². The molecule has 0 radical (unpaired) electrons. The lowest BCUT2D eigenvalue weighted by molar-refractivity contribution is 0.112. The normalized spacial score (nSPS) is 18.7. The van der Waals surface area contributed by atoms with Crippen LogP contribution < -0.4 is 0 Å². The van der Waals surface area contributed by atoms with E-state index in [1.54, 1.807) is 11.3 Å². The number of hydrogen-bond donors (Lipinski definition) is 0. The summed E-state index contributed by atoms with van der Waals surface area (Å²) in [7, 11) is 0. The molecule has 0 fully saturated rings. The lowest BCUT2D eigenvalue weighted by atomic mass is 9.62. The Morgan fingerprint density at radius 1 is 1.09 bits per heavy atom. The first-order chi connectivity index (χ1) is 10.3. The lowest BCUT2D eigenvalue weighted by Crippen LogP contribution is -2.34. The maximum absolute atomic E-state index is 11.6. The molecule has 0 spiro atoms. The minimum atomic E-state index is 0.157. The minimum Gasteiger partial charge on any atom is -0.298 e. The van der Waals surface area contributed by atoms with Crippen LogP contribution in [0.3, 0.4) is 0 Å². The predicted molar refractivity (Wildman–Crippen MR) is 94.2 cm³/mol. The summed E-state index contributed by atoms with van der Waals surface area (Å²) in [4.78, 5) is 12.9. The Balaban J connectivity index is 2.15. The predicted octanol–water partition coefficient (Wildman–Crippen LogP) is 5.50. The Morgan fingerprint density at radius 3 is 2.27 bits per heavy atom. The first kappa shape index (κ1) is 15.5. The first-order valence-electron chi connectivity index (χ1n) is 7.99. The van der Waals surface area contributed by atoms with Crippen molar-refractivity contribution in [1.82, 2.24) is 0 Å². The third-order valence-corrected chi connectivity index (χ3v) is 6.06. The summed E-state index contributed by atoms with van der Waals surface area (Å²) < 4.78 is 0. The van der Waals surface area contributed by atoms with Gasteiger partial charge in [0.05, 0.1) is 0 Å². The van der Waals surface area contributed by atoms with Crippen LogP contribution in [0.5, 0.6) is 0 Å².